The van der Waals surface area contributed by atoms with Crippen LogP contribution >= 0.6 is 0 Å². The molecule has 152 valence electrons. The Morgan fingerprint density at radius 3 is 2.63 bits per heavy atom. The molecule has 0 spiro atoms. The second-order valence-corrected chi connectivity index (χ2v) is 7.61. The Balaban J connectivity index is 1.68. The minimum Gasteiger partial charge on any atom is -0.256 e. The van der Waals surface area contributed by atoms with Crippen LogP contribution in [0.15, 0.2) is 43.1 Å². The molecule has 30 heavy (non-hydrogen) atoms. The summed E-state index contributed by atoms with van der Waals surface area (Å²) in [4.78, 5) is 14.1. The molecule has 0 bridgehead atoms. The summed E-state index contributed by atoms with van der Waals surface area (Å²) >= 11 is 0. The standard InChI is InChI=1S/C25H27N5/c1-6-8-22-21(16(3)7-2)13-10-19-9-11-20(27-24(19)22)12-14-23-28-25-18(5)26-15-17(4)30(25)29-23/h6,8-11,13,15H,3,7,12,14H2,1-2,4-5H3. The first-order chi connectivity index (χ1) is 14.5. The van der Waals surface area contributed by atoms with Gasteiger partial charge in [0, 0.05) is 29.3 Å². The van der Waals surface area contributed by atoms with Crippen LogP contribution in [0.2, 0.25) is 0 Å². The molecular formula is C25H27N5. The first-order valence-electron chi connectivity index (χ1n) is 10.4. The van der Waals surface area contributed by atoms with Crippen LogP contribution < -0.4 is 0 Å². The van der Waals surface area contributed by atoms with E-state index in [1.54, 1.807) is 0 Å². The smallest absolute Gasteiger partial charge is 0.177 e. The van der Waals surface area contributed by atoms with E-state index in [1.165, 1.54) is 5.56 Å². The minimum atomic E-state index is 0.735. The first kappa shape index (κ1) is 20.0. The van der Waals surface area contributed by atoms with E-state index in [-0.39, 0.29) is 0 Å². The van der Waals surface area contributed by atoms with Gasteiger partial charge in [-0.1, -0.05) is 43.9 Å². The van der Waals surface area contributed by atoms with E-state index >= 15 is 0 Å². The number of nitrogens with zero attached hydrogens (tertiary/aromatic N) is 5. The maximum atomic E-state index is 5.01. The third-order valence-electron chi connectivity index (χ3n) is 5.46. The number of fused-ring (bicyclic) bond motifs is 2. The van der Waals surface area contributed by atoms with Crippen molar-refractivity contribution >= 4 is 28.2 Å². The van der Waals surface area contributed by atoms with Gasteiger partial charge >= 0.3 is 0 Å². The Hall–Kier alpha value is -3.34. The monoisotopic (exact) mass is 397 g/mol. The van der Waals surface area contributed by atoms with Crippen molar-refractivity contribution in [3.8, 4) is 0 Å². The predicted molar refractivity (Wildman–Crippen MR) is 123 cm³/mol. The fourth-order valence-corrected chi connectivity index (χ4v) is 3.71. The molecule has 3 heterocycles. The Morgan fingerprint density at radius 2 is 1.90 bits per heavy atom. The van der Waals surface area contributed by atoms with Crippen LogP contribution in [0.25, 0.3) is 28.2 Å². The lowest BCUT2D eigenvalue weighted by molar-refractivity contribution is 0.808. The molecule has 0 saturated carbocycles. The number of allylic oxidation sites excluding steroid dienone is 2. The molecule has 0 aliphatic heterocycles. The highest BCUT2D eigenvalue weighted by molar-refractivity contribution is 5.93. The number of pyridine rings is 1. The predicted octanol–water partition coefficient (Wildman–Crippen LogP) is 5.53. The van der Waals surface area contributed by atoms with Gasteiger partial charge in [0.15, 0.2) is 11.5 Å². The largest absolute Gasteiger partial charge is 0.256 e. The minimum absolute atomic E-state index is 0.735. The molecule has 5 heteroatoms. The van der Waals surface area contributed by atoms with Crippen LogP contribution in [-0.2, 0) is 12.8 Å². The Labute approximate surface area is 177 Å². The van der Waals surface area contributed by atoms with E-state index in [0.29, 0.717) is 0 Å². The zero-order chi connectivity index (χ0) is 21.3. The third-order valence-corrected chi connectivity index (χ3v) is 5.46. The van der Waals surface area contributed by atoms with E-state index in [1.807, 2.05) is 31.5 Å². The topological polar surface area (TPSA) is 56.0 Å². The summed E-state index contributed by atoms with van der Waals surface area (Å²) in [6.07, 6.45) is 8.47. The highest BCUT2D eigenvalue weighted by Crippen LogP contribution is 2.28. The molecule has 0 N–H and O–H groups in total. The lowest BCUT2D eigenvalue weighted by Gasteiger charge is -2.12. The summed E-state index contributed by atoms with van der Waals surface area (Å²) in [5, 5.41) is 5.80. The van der Waals surface area contributed by atoms with Crippen LogP contribution in [0.1, 0.15) is 54.3 Å². The molecule has 0 aliphatic carbocycles. The maximum absolute atomic E-state index is 5.01. The second-order valence-electron chi connectivity index (χ2n) is 7.61. The lowest BCUT2D eigenvalue weighted by Crippen LogP contribution is -2.00. The average Bonchev–Trinajstić information content (AvgIpc) is 3.20. The van der Waals surface area contributed by atoms with Crippen molar-refractivity contribution in [1.82, 2.24) is 24.6 Å². The average molecular weight is 398 g/mol. The van der Waals surface area contributed by atoms with E-state index in [0.717, 1.165) is 69.9 Å². The fourth-order valence-electron chi connectivity index (χ4n) is 3.71. The maximum Gasteiger partial charge on any atom is 0.177 e. The molecule has 0 fully saturated rings. The van der Waals surface area contributed by atoms with E-state index in [4.69, 9.17) is 4.98 Å². The van der Waals surface area contributed by atoms with Crippen LogP contribution in [-0.4, -0.2) is 24.6 Å². The van der Waals surface area contributed by atoms with Gasteiger partial charge in [0.1, 0.15) is 0 Å². The fraction of sp³-hybridized carbons (Fsp3) is 0.280. The zero-order valence-corrected chi connectivity index (χ0v) is 18.1. The number of benzene rings is 1. The van der Waals surface area contributed by atoms with Gasteiger partial charge in [-0.25, -0.2) is 9.50 Å². The van der Waals surface area contributed by atoms with Gasteiger partial charge in [0.25, 0.3) is 0 Å². The van der Waals surface area contributed by atoms with Gasteiger partial charge in [-0.05, 0) is 50.8 Å². The van der Waals surface area contributed by atoms with Gasteiger partial charge in [-0.3, -0.25) is 9.97 Å². The van der Waals surface area contributed by atoms with Crippen LogP contribution in [0.3, 0.4) is 0 Å². The Bertz CT molecular complexity index is 1240. The SMILES string of the molecule is C=C(CC)c1ccc2ccc(CCc3nc4c(C)ncc(C)n4n3)nc2c1C=CC. The van der Waals surface area contributed by atoms with Gasteiger partial charge in [0.2, 0.25) is 0 Å². The number of rotatable bonds is 6. The van der Waals surface area contributed by atoms with Gasteiger partial charge in [-0.15, -0.1) is 0 Å². The van der Waals surface area contributed by atoms with Gasteiger partial charge < -0.3 is 0 Å². The third kappa shape index (κ3) is 3.63. The first-order valence-corrected chi connectivity index (χ1v) is 10.4. The summed E-state index contributed by atoms with van der Waals surface area (Å²) in [6.45, 7) is 12.4. The summed E-state index contributed by atoms with van der Waals surface area (Å²) < 4.78 is 1.87. The lowest BCUT2D eigenvalue weighted by atomic mass is 9.95. The molecule has 0 saturated heterocycles. The molecule has 0 radical (unpaired) electrons. The molecular weight excluding hydrogens is 370 g/mol. The van der Waals surface area contributed by atoms with Crippen molar-refractivity contribution in [2.75, 3.05) is 0 Å². The normalized spacial score (nSPS) is 11.7. The van der Waals surface area contributed by atoms with Crippen LogP contribution in [0.5, 0.6) is 0 Å². The van der Waals surface area contributed by atoms with E-state index in [9.17, 15) is 0 Å². The van der Waals surface area contributed by atoms with Gasteiger partial charge in [-0.2, -0.15) is 5.10 Å². The molecule has 0 unspecified atom stereocenters. The van der Waals surface area contributed by atoms with Crippen LogP contribution in [0.4, 0.5) is 0 Å². The van der Waals surface area contributed by atoms with Crippen LogP contribution in [0, 0.1) is 13.8 Å². The second kappa shape index (κ2) is 8.19. The van der Waals surface area contributed by atoms with Crippen molar-refractivity contribution in [3.63, 3.8) is 0 Å². The molecule has 4 aromatic rings. The van der Waals surface area contributed by atoms with Crippen molar-refractivity contribution < 1.29 is 0 Å². The molecule has 5 nitrogen and oxygen atoms in total. The number of aromatic nitrogens is 5. The molecule has 0 aliphatic rings. The van der Waals surface area contributed by atoms with Crippen molar-refractivity contribution in [1.29, 1.82) is 0 Å². The van der Waals surface area contributed by atoms with Crippen molar-refractivity contribution in [2.45, 2.75) is 47.0 Å². The summed E-state index contributed by atoms with van der Waals surface area (Å²) in [6, 6.07) is 8.55. The zero-order valence-electron chi connectivity index (χ0n) is 18.1. The Morgan fingerprint density at radius 1 is 1.10 bits per heavy atom. The number of aryl methyl sites for hydroxylation is 4. The summed E-state index contributed by atoms with van der Waals surface area (Å²) in [5.74, 6) is 0.817. The van der Waals surface area contributed by atoms with E-state index < -0.39 is 0 Å². The molecule has 1 aromatic carbocycles. The highest BCUT2D eigenvalue weighted by Gasteiger charge is 2.12. The molecule has 3 aromatic heterocycles. The van der Waals surface area contributed by atoms with Gasteiger partial charge in [0.05, 0.1) is 16.9 Å². The molecule has 4 rings (SSSR count). The van der Waals surface area contributed by atoms with E-state index in [2.05, 4.69) is 65.0 Å². The highest BCUT2D eigenvalue weighted by atomic mass is 15.3. The molecule has 0 atom stereocenters. The Kier molecular flexibility index (Phi) is 5.44. The van der Waals surface area contributed by atoms with Crippen molar-refractivity contribution in [3.05, 3.63) is 77.2 Å². The quantitative estimate of drug-likeness (QED) is 0.429. The van der Waals surface area contributed by atoms with Crippen molar-refractivity contribution in [2.24, 2.45) is 0 Å². The number of hydrogen-bond donors (Lipinski definition) is 0. The number of hydrogen-bond acceptors (Lipinski definition) is 4. The summed E-state index contributed by atoms with van der Waals surface area (Å²) in [5.41, 5.74) is 8.22. The summed E-state index contributed by atoms with van der Waals surface area (Å²) in [7, 11) is 0. The molecule has 0 amide bonds.